The van der Waals surface area contributed by atoms with E-state index < -0.39 is 5.92 Å². The van der Waals surface area contributed by atoms with E-state index in [1.165, 1.54) is 23.1 Å². The van der Waals surface area contributed by atoms with Crippen LogP contribution in [0.4, 0.5) is 0 Å². The summed E-state index contributed by atoms with van der Waals surface area (Å²) in [7, 11) is 1.56. The van der Waals surface area contributed by atoms with Crippen molar-refractivity contribution in [3.8, 4) is 11.5 Å². The number of allylic oxidation sites excluding steroid dienone is 1. The Bertz CT molecular complexity index is 921. The zero-order valence-corrected chi connectivity index (χ0v) is 16.7. The van der Waals surface area contributed by atoms with Gasteiger partial charge in [0.15, 0.2) is 17.3 Å². The first-order valence-corrected chi connectivity index (χ1v) is 9.96. The number of methoxy groups -OCH3 is 1. The molecule has 1 fully saturated rings. The predicted molar refractivity (Wildman–Crippen MR) is 109 cm³/mol. The van der Waals surface area contributed by atoms with E-state index in [1.54, 1.807) is 31.4 Å². The maximum Gasteiger partial charge on any atom is 0.186 e. The van der Waals surface area contributed by atoms with Gasteiger partial charge in [0.1, 0.15) is 22.5 Å². The van der Waals surface area contributed by atoms with Gasteiger partial charge in [-0.15, -0.1) is 21.5 Å². The number of ether oxygens (including phenoxy) is 2. The summed E-state index contributed by atoms with van der Waals surface area (Å²) in [6.45, 7) is 6.00. The van der Waals surface area contributed by atoms with Gasteiger partial charge in [0, 0.05) is 0 Å². The third kappa shape index (κ3) is 4.12. The fourth-order valence-electron chi connectivity index (χ4n) is 2.53. The Morgan fingerprint density at radius 3 is 2.81 bits per heavy atom. The standard InChI is InChI=1S/C19H19N3O3S2/c1-4-8-25-12-7-6-11(9-13(12)24-3)10-14-17(23)16(18(20)26-14)19-22-21-15(5-2)27-19/h4,6-7,9-10,16,20H,1,5,8H2,2-3H3/b14-10-,20-18?/t16-/m0/s1. The van der Waals surface area contributed by atoms with Crippen LogP contribution in [0.15, 0.2) is 35.8 Å². The molecule has 1 saturated heterocycles. The van der Waals surface area contributed by atoms with E-state index in [9.17, 15) is 4.79 Å². The van der Waals surface area contributed by atoms with Gasteiger partial charge >= 0.3 is 0 Å². The fraction of sp³-hybridized carbons (Fsp3) is 0.263. The third-order valence-electron chi connectivity index (χ3n) is 3.86. The summed E-state index contributed by atoms with van der Waals surface area (Å²) >= 11 is 2.56. The van der Waals surface area contributed by atoms with E-state index in [2.05, 4.69) is 16.8 Å². The summed E-state index contributed by atoms with van der Waals surface area (Å²) in [6.07, 6.45) is 4.19. The third-order valence-corrected chi connectivity index (χ3v) is 5.99. The number of nitrogens with one attached hydrogen (secondary N) is 1. The number of ketones is 1. The number of aromatic nitrogens is 2. The molecule has 0 aliphatic carbocycles. The molecule has 1 aromatic carbocycles. The summed E-state index contributed by atoms with van der Waals surface area (Å²) in [6, 6.07) is 5.44. The Labute approximate surface area is 165 Å². The molecular weight excluding hydrogens is 382 g/mol. The lowest BCUT2D eigenvalue weighted by Gasteiger charge is -2.10. The van der Waals surface area contributed by atoms with Gasteiger partial charge in [0.25, 0.3) is 0 Å². The Morgan fingerprint density at radius 1 is 1.33 bits per heavy atom. The van der Waals surface area contributed by atoms with Gasteiger partial charge in [-0.2, -0.15) is 0 Å². The molecule has 1 N–H and O–H groups in total. The number of benzene rings is 1. The number of hydrogen-bond donors (Lipinski definition) is 1. The molecule has 6 nitrogen and oxygen atoms in total. The Balaban J connectivity index is 1.86. The molecular formula is C19H19N3O3S2. The molecule has 1 aliphatic heterocycles. The maximum atomic E-state index is 12.8. The van der Waals surface area contributed by atoms with E-state index in [0.29, 0.717) is 28.0 Å². The first-order valence-electron chi connectivity index (χ1n) is 8.33. The number of thioether (sulfide) groups is 1. The first kappa shape index (κ1) is 19.3. The van der Waals surface area contributed by atoms with Crippen LogP contribution < -0.4 is 9.47 Å². The van der Waals surface area contributed by atoms with Gasteiger partial charge in [-0.3, -0.25) is 10.2 Å². The lowest BCUT2D eigenvalue weighted by atomic mass is 10.1. The van der Waals surface area contributed by atoms with Crippen LogP contribution in [0.3, 0.4) is 0 Å². The molecule has 1 atom stereocenters. The second-order valence-corrected chi connectivity index (χ2v) is 7.85. The van der Waals surface area contributed by atoms with E-state index >= 15 is 0 Å². The fourth-order valence-corrected chi connectivity index (χ4v) is 4.49. The molecule has 0 spiro atoms. The zero-order valence-electron chi connectivity index (χ0n) is 15.0. The Hall–Kier alpha value is -2.45. The minimum Gasteiger partial charge on any atom is -0.493 e. The van der Waals surface area contributed by atoms with Crippen molar-refractivity contribution in [1.29, 1.82) is 5.41 Å². The number of nitrogens with zero attached hydrogens (tertiary/aromatic N) is 2. The molecule has 0 bridgehead atoms. The SMILES string of the molecule is C=CCOc1ccc(/C=C2\SC(=N)[C@@H](c3nnc(CC)s3)C2=O)cc1OC. The second kappa shape index (κ2) is 8.49. The average molecular weight is 402 g/mol. The highest BCUT2D eigenvalue weighted by molar-refractivity contribution is 8.19. The highest BCUT2D eigenvalue weighted by Crippen LogP contribution is 2.42. The van der Waals surface area contributed by atoms with Crippen LogP contribution in [0.5, 0.6) is 11.5 Å². The summed E-state index contributed by atoms with van der Waals surface area (Å²) in [5.41, 5.74) is 0.800. The summed E-state index contributed by atoms with van der Waals surface area (Å²) in [4.78, 5) is 13.3. The van der Waals surface area contributed by atoms with Gasteiger partial charge in [-0.25, -0.2) is 0 Å². The maximum absolute atomic E-state index is 12.8. The number of carbonyl (C=O) groups is 1. The Kier molecular flexibility index (Phi) is 6.08. The second-order valence-electron chi connectivity index (χ2n) is 5.67. The molecule has 2 heterocycles. The molecule has 2 aromatic rings. The molecule has 3 rings (SSSR count). The lowest BCUT2D eigenvalue weighted by molar-refractivity contribution is -0.114. The molecule has 0 radical (unpaired) electrons. The smallest absolute Gasteiger partial charge is 0.186 e. The number of Topliss-reactive ketones (excluding diaryl/α,β-unsaturated/α-hetero) is 1. The van der Waals surface area contributed by atoms with E-state index in [4.69, 9.17) is 14.9 Å². The Morgan fingerprint density at radius 2 is 2.15 bits per heavy atom. The predicted octanol–water partition coefficient (Wildman–Crippen LogP) is 4.09. The van der Waals surface area contributed by atoms with Crippen molar-refractivity contribution in [2.24, 2.45) is 0 Å². The minimum atomic E-state index is -0.642. The molecule has 140 valence electrons. The van der Waals surface area contributed by atoms with Crippen molar-refractivity contribution in [1.82, 2.24) is 10.2 Å². The summed E-state index contributed by atoms with van der Waals surface area (Å²) in [5.74, 6) is 0.424. The average Bonchev–Trinajstić information content (AvgIpc) is 3.24. The van der Waals surface area contributed by atoms with Crippen LogP contribution in [-0.2, 0) is 11.2 Å². The number of carbonyl (C=O) groups excluding carboxylic acids is 1. The number of aryl methyl sites for hydroxylation is 1. The molecule has 8 heteroatoms. The van der Waals surface area contributed by atoms with Gasteiger partial charge < -0.3 is 9.47 Å². The molecule has 0 amide bonds. The van der Waals surface area contributed by atoms with Crippen LogP contribution in [0.2, 0.25) is 0 Å². The molecule has 0 unspecified atom stereocenters. The van der Waals surface area contributed by atoms with Gasteiger partial charge in [-0.1, -0.05) is 37.4 Å². The van der Waals surface area contributed by atoms with Crippen LogP contribution in [0.1, 0.15) is 28.4 Å². The largest absolute Gasteiger partial charge is 0.493 e. The molecule has 0 saturated carbocycles. The number of hydrogen-bond acceptors (Lipinski definition) is 8. The van der Waals surface area contributed by atoms with E-state index in [0.717, 1.165) is 17.0 Å². The molecule has 1 aliphatic rings. The summed E-state index contributed by atoms with van der Waals surface area (Å²) in [5, 5.41) is 18.1. The number of rotatable bonds is 7. The highest BCUT2D eigenvalue weighted by Gasteiger charge is 2.39. The molecule has 1 aromatic heterocycles. The normalized spacial score (nSPS) is 18.1. The van der Waals surface area contributed by atoms with Crippen molar-refractivity contribution in [3.05, 3.63) is 51.3 Å². The van der Waals surface area contributed by atoms with Crippen molar-refractivity contribution in [3.63, 3.8) is 0 Å². The van der Waals surface area contributed by atoms with Gasteiger partial charge in [-0.05, 0) is 30.2 Å². The van der Waals surface area contributed by atoms with Gasteiger partial charge in [0.2, 0.25) is 0 Å². The van der Waals surface area contributed by atoms with E-state index in [-0.39, 0.29) is 10.8 Å². The van der Waals surface area contributed by atoms with Crippen molar-refractivity contribution >= 4 is 40.0 Å². The monoisotopic (exact) mass is 401 g/mol. The van der Waals surface area contributed by atoms with Crippen LogP contribution >= 0.6 is 23.1 Å². The highest BCUT2D eigenvalue weighted by atomic mass is 32.2. The lowest BCUT2D eigenvalue weighted by Crippen LogP contribution is -2.11. The first-order chi connectivity index (χ1) is 13.1. The summed E-state index contributed by atoms with van der Waals surface area (Å²) < 4.78 is 10.9. The van der Waals surface area contributed by atoms with Crippen LogP contribution in [-0.4, -0.2) is 34.7 Å². The van der Waals surface area contributed by atoms with Crippen molar-refractivity contribution in [2.45, 2.75) is 19.3 Å². The van der Waals surface area contributed by atoms with Crippen LogP contribution in [0.25, 0.3) is 6.08 Å². The minimum absolute atomic E-state index is 0.116. The van der Waals surface area contributed by atoms with Crippen molar-refractivity contribution in [2.75, 3.05) is 13.7 Å². The molecule has 27 heavy (non-hydrogen) atoms. The van der Waals surface area contributed by atoms with Crippen LogP contribution in [0, 0.1) is 5.41 Å². The topological polar surface area (TPSA) is 85.2 Å². The van der Waals surface area contributed by atoms with E-state index in [1.807, 2.05) is 13.0 Å². The zero-order chi connectivity index (χ0) is 19.4. The quantitative estimate of drug-likeness (QED) is 0.555. The van der Waals surface area contributed by atoms with Gasteiger partial charge in [0.05, 0.1) is 17.1 Å². The van der Waals surface area contributed by atoms with Crippen molar-refractivity contribution < 1.29 is 14.3 Å².